The molecule has 0 spiro atoms. The fourth-order valence-electron chi connectivity index (χ4n) is 2.09. The van der Waals surface area contributed by atoms with Crippen molar-refractivity contribution in [3.05, 3.63) is 0 Å². The van der Waals surface area contributed by atoms with Crippen LogP contribution in [-0.2, 0) is 14.3 Å². The molecule has 0 bridgehead atoms. The van der Waals surface area contributed by atoms with Gasteiger partial charge in [0.1, 0.15) is 12.6 Å². The molecule has 8 heteroatoms. The normalized spacial score (nSPS) is 16.1. The summed E-state index contributed by atoms with van der Waals surface area (Å²) >= 11 is 0. The van der Waals surface area contributed by atoms with Crippen LogP contribution in [0.15, 0.2) is 0 Å². The molecule has 3 N–H and O–H groups in total. The molecule has 0 aliphatic carbocycles. The van der Waals surface area contributed by atoms with Gasteiger partial charge in [-0.2, -0.15) is 0 Å². The summed E-state index contributed by atoms with van der Waals surface area (Å²) in [6, 6.07) is -1.05. The van der Waals surface area contributed by atoms with Crippen LogP contribution in [-0.4, -0.2) is 66.8 Å². The maximum Gasteiger partial charge on any atom is 0.329 e. The average molecular weight is 301 g/mol. The lowest BCUT2D eigenvalue weighted by Gasteiger charge is -2.29. The number of likely N-dealkylation sites (tertiary alicyclic amines) is 1. The summed E-state index contributed by atoms with van der Waals surface area (Å²) in [4.78, 5) is 35.6. The highest BCUT2D eigenvalue weighted by atomic mass is 16.5. The Kier molecular flexibility index (Phi) is 7.52. The first-order chi connectivity index (χ1) is 10.0. The monoisotopic (exact) mass is 301 g/mol. The van der Waals surface area contributed by atoms with E-state index in [1.165, 1.54) is 0 Å². The van der Waals surface area contributed by atoms with Crippen LogP contribution in [0.1, 0.15) is 26.2 Å². The Morgan fingerprint density at radius 1 is 1.24 bits per heavy atom. The quantitative estimate of drug-likeness (QED) is 0.564. The van der Waals surface area contributed by atoms with E-state index in [0.29, 0.717) is 0 Å². The number of hydrogen-bond acceptors (Lipinski definition) is 4. The third-order valence-corrected chi connectivity index (χ3v) is 3.14. The number of ether oxygens (including phenoxy) is 1. The van der Waals surface area contributed by atoms with E-state index in [1.807, 2.05) is 0 Å². The van der Waals surface area contributed by atoms with Gasteiger partial charge in [0.25, 0.3) is 0 Å². The fourth-order valence-corrected chi connectivity index (χ4v) is 2.09. The minimum atomic E-state index is -1.06. The van der Waals surface area contributed by atoms with E-state index in [2.05, 4.69) is 10.6 Å². The maximum atomic E-state index is 12.1. The lowest BCUT2D eigenvalue weighted by molar-refractivity contribution is -0.142. The molecule has 0 saturated carbocycles. The number of carboxylic acids is 1. The van der Waals surface area contributed by atoms with Crippen LogP contribution in [0.4, 0.5) is 4.79 Å². The Bertz CT molecular complexity index is 369. The zero-order valence-electron chi connectivity index (χ0n) is 12.3. The Labute approximate surface area is 123 Å². The van der Waals surface area contributed by atoms with E-state index in [1.54, 1.807) is 11.8 Å². The Hall–Kier alpha value is -1.83. The highest BCUT2D eigenvalue weighted by molar-refractivity contribution is 5.86. The predicted molar refractivity (Wildman–Crippen MR) is 74.9 cm³/mol. The molecular weight excluding hydrogens is 278 g/mol. The number of hydrogen-bond donors (Lipinski definition) is 3. The average Bonchev–Trinajstić information content (AvgIpc) is 2.46. The third kappa shape index (κ3) is 6.94. The van der Waals surface area contributed by atoms with E-state index >= 15 is 0 Å². The Balaban J connectivity index is 2.17. The lowest BCUT2D eigenvalue weighted by Crippen LogP contribution is -2.51. The number of carbonyl (C=O) groups is 3. The van der Waals surface area contributed by atoms with Crippen molar-refractivity contribution in [2.45, 2.75) is 32.2 Å². The van der Waals surface area contributed by atoms with Crippen molar-refractivity contribution in [3.63, 3.8) is 0 Å². The van der Waals surface area contributed by atoms with Gasteiger partial charge in [0.05, 0.1) is 6.61 Å². The first-order valence-corrected chi connectivity index (χ1v) is 7.13. The zero-order chi connectivity index (χ0) is 15.7. The summed E-state index contributed by atoms with van der Waals surface area (Å²) in [5.74, 6) is -1.13. The molecule has 1 heterocycles. The van der Waals surface area contributed by atoms with Gasteiger partial charge >= 0.3 is 12.0 Å². The molecule has 1 aliphatic rings. The van der Waals surface area contributed by atoms with Gasteiger partial charge in [-0.05, 0) is 26.2 Å². The van der Waals surface area contributed by atoms with Crippen LogP contribution >= 0.6 is 0 Å². The lowest BCUT2D eigenvalue weighted by atomic mass is 10.1. The molecule has 120 valence electrons. The van der Waals surface area contributed by atoms with Crippen molar-refractivity contribution in [1.82, 2.24) is 15.5 Å². The van der Waals surface area contributed by atoms with Crippen molar-refractivity contribution in [1.29, 1.82) is 0 Å². The predicted octanol–water partition coefficient (Wildman–Crippen LogP) is -0.212. The summed E-state index contributed by atoms with van der Waals surface area (Å²) in [5, 5.41) is 13.4. The summed E-state index contributed by atoms with van der Waals surface area (Å²) in [5.41, 5.74) is 0. The second-order valence-corrected chi connectivity index (χ2v) is 4.95. The molecule has 1 fully saturated rings. The van der Waals surface area contributed by atoms with Gasteiger partial charge in [-0.15, -0.1) is 0 Å². The number of rotatable bonds is 7. The van der Waals surface area contributed by atoms with Gasteiger partial charge in [0.2, 0.25) is 5.91 Å². The van der Waals surface area contributed by atoms with E-state index in [4.69, 9.17) is 9.84 Å². The third-order valence-electron chi connectivity index (χ3n) is 3.14. The number of carbonyl (C=O) groups excluding carboxylic acids is 2. The molecule has 1 rings (SSSR count). The van der Waals surface area contributed by atoms with Gasteiger partial charge in [-0.3, -0.25) is 4.79 Å². The van der Waals surface area contributed by atoms with Gasteiger partial charge < -0.3 is 25.4 Å². The van der Waals surface area contributed by atoms with E-state index in [9.17, 15) is 14.4 Å². The number of urea groups is 1. The van der Waals surface area contributed by atoms with E-state index < -0.39 is 24.6 Å². The molecule has 0 aromatic rings. The SMILES string of the molecule is CC(NC(=O)NCCOCC(=O)O)C(=O)N1CCCCC1. The van der Waals surface area contributed by atoms with Gasteiger partial charge in [-0.1, -0.05) is 0 Å². The number of piperidine rings is 1. The number of carboxylic acid groups (broad SMARTS) is 1. The largest absolute Gasteiger partial charge is 0.480 e. The standard InChI is InChI=1S/C13H23N3O5/c1-10(12(19)16-6-3-2-4-7-16)15-13(20)14-5-8-21-9-11(17)18/h10H,2-9H2,1H3,(H,17,18)(H2,14,15,20). The number of amides is 3. The first-order valence-electron chi connectivity index (χ1n) is 7.13. The van der Waals surface area contributed by atoms with Gasteiger partial charge in [0.15, 0.2) is 0 Å². The summed E-state index contributed by atoms with van der Waals surface area (Å²) in [6.07, 6.45) is 3.15. The molecule has 21 heavy (non-hydrogen) atoms. The molecule has 0 aromatic carbocycles. The highest BCUT2D eigenvalue weighted by Gasteiger charge is 2.23. The summed E-state index contributed by atoms with van der Waals surface area (Å²) in [7, 11) is 0. The first kappa shape index (κ1) is 17.2. The van der Waals surface area contributed by atoms with Crippen molar-refractivity contribution in [2.24, 2.45) is 0 Å². The van der Waals surface area contributed by atoms with Crippen molar-refractivity contribution < 1.29 is 24.2 Å². The Morgan fingerprint density at radius 2 is 1.90 bits per heavy atom. The molecule has 1 aliphatic heterocycles. The van der Waals surface area contributed by atoms with Crippen molar-refractivity contribution in [2.75, 3.05) is 32.8 Å². The number of nitrogens with one attached hydrogen (secondary N) is 2. The van der Waals surface area contributed by atoms with Gasteiger partial charge in [0, 0.05) is 19.6 Å². The smallest absolute Gasteiger partial charge is 0.329 e. The minimum absolute atomic E-state index is 0.0769. The van der Waals surface area contributed by atoms with Crippen LogP contribution in [0.2, 0.25) is 0 Å². The molecule has 1 saturated heterocycles. The molecule has 1 unspecified atom stereocenters. The van der Waals surface area contributed by atoms with Crippen LogP contribution in [0.25, 0.3) is 0 Å². The fraction of sp³-hybridized carbons (Fsp3) is 0.769. The molecule has 8 nitrogen and oxygen atoms in total. The van der Waals surface area contributed by atoms with Crippen LogP contribution in [0.3, 0.4) is 0 Å². The van der Waals surface area contributed by atoms with Gasteiger partial charge in [-0.25, -0.2) is 9.59 Å². The van der Waals surface area contributed by atoms with Crippen LogP contribution < -0.4 is 10.6 Å². The molecular formula is C13H23N3O5. The van der Waals surface area contributed by atoms with E-state index in [-0.39, 0.29) is 19.1 Å². The summed E-state index contributed by atoms with van der Waals surface area (Å²) in [6.45, 7) is 3.04. The molecule has 0 radical (unpaired) electrons. The number of nitrogens with zero attached hydrogens (tertiary/aromatic N) is 1. The molecule has 1 atom stereocenters. The van der Waals surface area contributed by atoms with Crippen LogP contribution in [0, 0.1) is 0 Å². The van der Waals surface area contributed by atoms with Crippen LogP contribution in [0.5, 0.6) is 0 Å². The number of aliphatic carboxylic acids is 1. The van der Waals surface area contributed by atoms with Crippen molar-refractivity contribution >= 4 is 17.9 Å². The summed E-state index contributed by atoms with van der Waals surface area (Å²) < 4.78 is 4.78. The topological polar surface area (TPSA) is 108 Å². The molecule has 0 aromatic heterocycles. The Morgan fingerprint density at radius 3 is 2.52 bits per heavy atom. The second-order valence-electron chi connectivity index (χ2n) is 4.95. The van der Waals surface area contributed by atoms with Crippen molar-refractivity contribution in [3.8, 4) is 0 Å². The van der Waals surface area contributed by atoms with E-state index in [0.717, 1.165) is 32.4 Å². The second kappa shape index (κ2) is 9.17. The molecule has 3 amide bonds. The minimum Gasteiger partial charge on any atom is -0.480 e. The zero-order valence-corrected chi connectivity index (χ0v) is 12.3. The maximum absolute atomic E-state index is 12.1. The highest BCUT2D eigenvalue weighted by Crippen LogP contribution is 2.09.